The van der Waals surface area contributed by atoms with Crippen molar-refractivity contribution < 1.29 is 13.9 Å². The lowest BCUT2D eigenvalue weighted by atomic mass is 9.97. The van der Waals surface area contributed by atoms with Crippen LogP contribution >= 0.6 is 0 Å². The Balaban J connectivity index is 1.39. The number of aromatic amines is 1. The Bertz CT molecular complexity index is 1390. The molecule has 1 fully saturated rings. The van der Waals surface area contributed by atoms with E-state index in [1.165, 1.54) is 22.7 Å². The summed E-state index contributed by atoms with van der Waals surface area (Å²) in [5, 5.41) is 7.31. The molecule has 4 aromatic rings. The van der Waals surface area contributed by atoms with Crippen LogP contribution in [-0.2, 0) is 17.8 Å². The number of amides is 1. The van der Waals surface area contributed by atoms with E-state index in [1.54, 1.807) is 25.5 Å². The molecule has 34 heavy (non-hydrogen) atoms. The number of rotatable bonds is 4. The van der Waals surface area contributed by atoms with Crippen LogP contribution in [0.2, 0.25) is 0 Å². The normalized spacial score (nSPS) is 20.2. The largest absolute Gasteiger partial charge is 0.497 e. The van der Waals surface area contributed by atoms with Crippen LogP contribution in [0, 0.1) is 5.82 Å². The van der Waals surface area contributed by atoms with E-state index in [1.807, 2.05) is 36.4 Å². The van der Waals surface area contributed by atoms with E-state index >= 15 is 0 Å². The quantitative estimate of drug-likeness (QED) is 0.458. The first kappa shape index (κ1) is 20.6. The fourth-order valence-electron chi connectivity index (χ4n) is 5.03. The molecular weight excluding hydrogens is 431 g/mol. The number of hydrogen-bond donors (Lipinski definition) is 1. The minimum absolute atomic E-state index is 0.0602. The Hall–Kier alpha value is -3.97. The zero-order valence-corrected chi connectivity index (χ0v) is 18.6. The monoisotopic (exact) mass is 454 g/mol. The van der Waals surface area contributed by atoms with Crippen LogP contribution in [0.15, 0.2) is 77.9 Å². The molecule has 0 spiro atoms. The average Bonchev–Trinajstić information content (AvgIpc) is 3.36. The van der Waals surface area contributed by atoms with Crippen molar-refractivity contribution in [2.75, 3.05) is 7.11 Å². The zero-order valence-electron chi connectivity index (χ0n) is 18.6. The Kier molecular flexibility index (Phi) is 4.92. The topological polar surface area (TPSA) is 60.9 Å². The number of nitrogens with one attached hydrogen (secondary N) is 1. The lowest BCUT2D eigenvalue weighted by Gasteiger charge is -2.32. The van der Waals surface area contributed by atoms with E-state index in [9.17, 15) is 9.18 Å². The third kappa shape index (κ3) is 3.36. The van der Waals surface area contributed by atoms with Crippen LogP contribution in [0.3, 0.4) is 0 Å². The number of fused-ring (bicyclic) bond motifs is 4. The molecule has 2 aliphatic heterocycles. The van der Waals surface area contributed by atoms with E-state index < -0.39 is 6.17 Å². The minimum atomic E-state index is -0.424. The maximum absolute atomic E-state index is 13.7. The van der Waals surface area contributed by atoms with Gasteiger partial charge in [0.1, 0.15) is 17.7 Å². The molecule has 170 valence electrons. The van der Waals surface area contributed by atoms with Crippen LogP contribution in [-0.4, -0.2) is 40.2 Å². The van der Waals surface area contributed by atoms with Gasteiger partial charge in [-0.25, -0.2) is 9.40 Å². The second kappa shape index (κ2) is 8.11. The highest BCUT2D eigenvalue weighted by Crippen LogP contribution is 2.42. The van der Waals surface area contributed by atoms with Crippen LogP contribution in [0.5, 0.6) is 5.75 Å². The summed E-state index contributed by atoms with van der Waals surface area (Å²) in [6, 6.07) is 21.6. The van der Waals surface area contributed by atoms with Gasteiger partial charge in [0.05, 0.1) is 19.4 Å². The highest BCUT2D eigenvalue weighted by molar-refractivity contribution is 5.90. The van der Waals surface area contributed by atoms with Gasteiger partial charge in [-0.1, -0.05) is 30.3 Å². The average molecular weight is 455 g/mol. The number of hydrazone groups is 1. The Morgan fingerprint density at radius 1 is 1.06 bits per heavy atom. The molecule has 0 bridgehead atoms. The molecule has 0 aliphatic carbocycles. The van der Waals surface area contributed by atoms with Crippen LogP contribution < -0.4 is 4.74 Å². The maximum Gasteiger partial charge on any atom is 0.262 e. The fraction of sp³-hybridized carbons (Fsp3) is 0.185. The van der Waals surface area contributed by atoms with Gasteiger partial charge in [0.25, 0.3) is 5.91 Å². The van der Waals surface area contributed by atoms with E-state index in [0.29, 0.717) is 13.0 Å². The number of nitrogens with zero attached hydrogens (tertiary/aromatic N) is 3. The Labute approximate surface area is 196 Å². The first-order valence-corrected chi connectivity index (χ1v) is 11.2. The van der Waals surface area contributed by atoms with E-state index in [4.69, 9.17) is 4.74 Å². The van der Waals surface area contributed by atoms with E-state index in [-0.39, 0.29) is 17.8 Å². The highest BCUT2D eigenvalue weighted by atomic mass is 19.1. The maximum atomic E-state index is 13.7. The van der Waals surface area contributed by atoms with Gasteiger partial charge in [0.15, 0.2) is 0 Å². The number of halogens is 1. The summed E-state index contributed by atoms with van der Waals surface area (Å²) in [7, 11) is 1.62. The number of carbonyl (C=O) groups is 1. The number of ether oxygens (including phenoxy) is 1. The number of aromatic nitrogens is 1. The minimum Gasteiger partial charge on any atom is -0.497 e. The number of H-pyrrole nitrogens is 1. The van der Waals surface area contributed by atoms with Gasteiger partial charge in [-0.2, -0.15) is 5.10 Å². The molecule has 1 unspecified atom stereocenters. The van der Waals surface area contributed by atoms with Crippen molar-refractivity contribution in [2.45, 2.75) is 25.2 Å². The molecule has 2 atom stereocenters. The SMILES string of the molecule is COc1ccc(C=NN2C(=O)[C@H]3Cc4c([nH]c5ccccc45)CN3C2c2ccc(F)cc2)cc1. The van der Waals surface area contributed by atoms with Crippen molar-refractivity contribution in [3.05, 3.63) is 101 Å². The molecule has 0 radical (unpaired) electrons. The third-order valence-electron chi connectivity index (χ3n) is 6.71. The molecule has 7 heteroatoms. The second-order valence-corrected chi connectivity index (χ2v) is 8.65. The van der Waals surface area contributed by atoms with Gasteiger partial charge in [-0.05, 0) is 65.6 Å². The van der Waals surface area contributed by atoms with E-state index in [2.05, 4.69) is 27.1 Å². The highest BCUT2D eigenvalue weighted by Gasteiger charge is 2.49. The third-order valence-corrected chi connectivity index (χ3v) is 6.71. The Morgan fingerprint density at radius 3 is 2.59 bits per heavy atom. The zero-order chi connectivity index (χ0) is 23.2. The molecule has 3 aromatic carbocycles. The van der Waals surface area contributed by atoms with Gasteiger partial charge in [0, 0.05) is 23.1 Å². The molecule has 1 amide bonds. The van der Waals surface area contributed by atoms with Crippen LogP contribution in [0.25, 0.3) is 10.9 Å². The van der Waals surface area contributed by atoms with Gasteiger partial charge in [-0.3, -0.25) is 9.69 Å². The van der Waals surface area contributed by atoms with Gasteiger partial charge >= 0.3 is 0 Å². The predicted molar refractivity (Wildman–Crippen MR) is 128 cm³/mol. The number of methoxy groups -OCH3 is 1. The first-order chi connectivity index (χ1) is 16.6. The summed E-state index contributed by atoms with van der Waals surface area (Å²) in [5.74, 6) is 0.383. The number of benzene rings is 3. The molecule has 3 heterocycles. The second-order valence-electron chi connectivity index (χ2n) is 8.65. The standard InChI is InChI=1S/C27H23FN4O2/c1-34-20-12-6-17(7-13-20)15-29-32-26(18-8-10-19(28)11-9-18)31-16-24-22(14-25(31)27(32)33)21-4-2-3-5-23(21)30-24/h2-13,15,25-26,30H,14,16H2,1H3/t25-,26?/m1/s1. The summed E-state index contributed by atoms with van der Waals surface area (Å²) in [4.78, 5) is 19.3. The predicted octanol–water partition coefficient (Wildman–Crippen LogP) is 4.62. The summed E-state index contributed by atoms with van der Waals surface area (Å²) >= 11 is 0. The molecule has 1 N–H and O–H groups in total. The van der Waals surface area contributed by atoms with Gasteiger partial charge < -0.3 is 9.72 Å². The summed E-state index contributed by atoms with van der Waals surface area (Å²) in [5.41, 5.74) is 5.05. The number of hydrogen-bond acceptors (Lipinski definition) is 4. The summed E-state index contributed by atoms with van der Waals surface area (Å²) in [6.45, 7) is 0.580. The summed E-state index contributed by atoms with van der Waals surface area (Å²) < 4.78 is 18.9. The van der Waals surface area contributed by atoms with Crippen molar-refractivity contribution in [3.8, 4) is 5.75 Å². The lowest BCUT2D eigenvalue weighted by molar-refractivity contribution is -0.130. The smallest absolute Gasteiger partial charge is 0.262 e. The van der Waals surface area contributed by atoms with Gasteiger partial charge in [-0.15, -0.1) is 0 Å². The van der Waals surface area contributed by atoms with Crippen molar-refractivity contribution in [1.29, 1.82) is 0 Å². The molecule has 1 saturated heterocycles. The van der Waals surface area contributed by atoms with Crippen molar-refractivity contribution >= 4 is 23.0 Å². The molecular formula is C27H23FN4O2. The van der Waals surface area contributed by atoms with Gasteiger partial charge in [0.2, 0.25) is 0 Å². The molecule has 2 aliphatic rings. The molecule has 0 saturated carbocycles. The van der Waals surface area contributed by atoms with E-state index in [0.717, 1.165) is 33.5 Å². The van der Waals surface area contributed by atoms with Crippen LogP contribution in [0.4, 0.5) is 4.39 Å². The lowest BCUT2D eigenvalue weighted by Crippen LogP contribution is -2.39. The van der Waals surface area contributed by atoms with Crippen molar-refractivity contribution in [1.82, 2.24) is 14.9 Å². The molecule has 1 aromatic heterocycles. The van der Waals surface area contributed by atoms with Crippen LogP contribution in [0.1, 0.15) is 28.6 Å². The molecule has 6 rings (SSSR count). The fourth-order valence-corrected chi connectivity index (χ4v) is 5.03. The molecule has 6 nitrogen and oxygen atoms in total. The number of carbonyl (C=O) groups excluding carboxylic acids is 1. The van der Waals surface area contributed by atoms with Crippen molar-refractivity contribution in [2.24, 2.45) is 5.10 Å². The Morgan fingerprint density at radius 2 is 1.82 bits per heavy atom. The first-order valence-electron chi connectivity index (χ1n) is 11.2. The summed E-state index contributed by atoms with van der Waals surface area (Å²) in [6.07, 6.45) is 1.86. The number of para-hydroxylation sites is 1. The van der Waals surface area contributed by atoms with Crippen molar-refractivity contribution in [3.63, 3.8) is 0 Å².